The molecule has 0 aliphatic carbocycles. The van der Waals surface area contributed by atoms with Crippen molar-refractivity contribution in [3.63, 3.8) is 0 Å². The number of rotatable bonds is 7. The van der Waals surface area contributed by atoms with E-state index in [1.54, 1.807) is 17.0 Å². The number of hydrogen-bond donors (Lipinski definition) is 1. The van der Waals surface area contributed by atoms with Gasteiger partial charge < -0.3 is 9.64 Å². The number of unbranched alkanes of at least 4 members (excludes halogenated alkanes) is 1. The van der Waals surface area contributed by atoms with Gasteiger partial charge in [-0.3, -0.25) is 10.1 Å². The average Bonchev–Trinajstić information content (AvgIpc) is 2.49. The zero-order chi connectivity index (χ0) is 15.1. The average molecular weight is 293 g/mol. The first-order valence-corrected chi connectivity index (χ1v) is 7.86. The molecule has 0 bridgehead atoms. The Morgan fingerprint density at radius 1 is 1.24 bits per heavy atom. The van der Waals surface area contributed by atoms with E-state index in [2.05, 4.69) is 6.92 Å². The number of nitro benzene ring substituents is 1. The van der Waals surface area contributed by atoms with Crippen LogP contribution in [0.1, 0.15) is 32.6 Å². The smallest absolute Gasteiger partial charge is 0.269 e. The highest BCUT2D eigenvalue weighted by atomic mass is 16.6. The highest BCUT2D eigenvalue weighted by molar-refractivity contribution is 5.35. The molecule has 0 spiro atoms. The largest absolute Gasteiger partial charge is 0.494 e. The molecule has 1 aliphatic heterocycles. The molecule has 1 fully saturated rings. The van der Waals surface area contributed by atoms with Crippen molar-refractivity contribution in [3.05, 3.63) is 34.4 Å². The van der Waals surface area contributed by atoms with Gasteiger partial charge in [-0.2, -0.15) is 0 Å². The Balaban J connectivity index is 1.58. The number of non-ortho nitro benzene ring substituents is 1. The number of quaternary nitrogens is 1. The van der Waals surface area contributed by atoms with Gasteiger partial charge in [-0.15, -0.1) is 0 Å². The monoisotopic (exact) mass is 293 g/mol. The third-order valence-corrected chi connectivity index (χ3v) is 4.22. The van der Waals surface area contributed by atoms with Crippen LogP contribution in [0.3, 0.4) is 0 Å². The molecule has 1 N–H and O–H groups in total. The molecule has 1 saturated heterocycles. The summed E-state index contributed by atoms with van der Waals surface area (Å²) in [6.07, 6.45) is 4.93. The number of likely N-dealkylation sites (tertiary alicyclic amines) is 1. The van der Waals surface area contributed by atoms with Crippen molar-refractivity contribution in [2.24, 2.45) is 5.92 Å². The first-order chi connectivity index (χ1) is 10.1. The van der Waals surface area contributed by atoms with Crippen LogP contribution in [0.2, 0.25) is 0 Å². The molecule has 5 heteroatoms. The topological polar surface area (TPSA) is 56.8 Å². The van der Waals surface area contributed by atoms with E-state index in [4.69, 9.17) is 4.74 Å². The fraction of sp³-hybridized carbons (Fsp3) is 0.625. The van der Waals surface area contributed by atoms with Crippen molar-refractivity contribution in [1.29, 1.82) is 0 Å². The van der Waals surface area contributed by atoms with Gasteiger partial charge >= 0.3 is 0 Å². The van der Waals surface area contributed by atoms with E-state index in [1.165, 1.54) is 51.0 Å². The predicted molar refractivity (Wildman–Crippen MR) is 81.8 cm³/mol. The fourth-order valence-corrected chi connectivity index (χ4v) is 2.75. The summed E-state index contributed by atoms with van der Waals surface area (Å²) in [6.45, 7) is 6.88. The van der Waals surface area contributed by atoms with Gasteiger partial charge in [0, 0.05) is 12.1 Å². The van der Waals surface area contributed by atoms with Gasteiger partial charge in [-0.25, -0.2) is 0 Å². The minimum atomic E-state index is -0.397. The third-order valence-electron chi connectivity index (χ3n) is 4.22. The standard InChI is InChI=1S/C16H24N2O3/c1-14-8-11-17(12-9-14)10-2-3-13-21-16-6-4-15(5-7-16)18(19)20/h4-7,14H,2-3,8-13H2,1H3/p+1. The maximum atomic E-state index is 10.5. The van der Waals surface area contributed by atoms with Gasteiger partial charge in [0.2, 0.25) is 0 Å². The Hall–Kier alpha value is -1.62. The Kier molecular flexibility index (Phi) is 5.99. The Morgan fingerprint density at radius 2 is 1.90 bits per heavy atom. The molecule has 0 aromatic heterocycles. The van der Waals surface area contributed by atoms with Crippen LogP contribution in [0.4, 0.5) is 5.69 Å². The van der Waals surface area contributed by atoms with E-state index in [9.17, 15) is 10.1 Å². The summed E-state index contributed by atoms with van der Waals surface area (Å²) >= 11 is 0. The molecule has 0 amide bonds. The lowest BCUT2D eigenvalue weighted by molar-refractivity contribution is -0.906. The van der Waals surface area contributed by atoms with E-state index in [1.807, 2.05) is 0 Å². The molecule has 1 heterocycles. The third kappa shape index (κ3) is 5.34. The summed E-state index contributed by atoms with van der Waals surface area (Å²) in [7, 11) is 0. The zero-order valence-electron chi connectivity index (χ0n) is 12.7. The molecular formula is C16H25N2O3+. The molecular weight excluding hydrogens is 268 g/mol. The quantitative estimate of drug-likeness (QED) is 0.476. The van der Waals surface area contributed by atoms with E-state index in [-0.39, 0.29) is 5.69 Å². The van der Waals surface area contributed by atoms with Gasteiger partial charge in [0.1, 0.15) is 5.75 Å². The minimum absolute atomic E-state index is 0.102. The van der Waals surface area contributed by atoms with E-state index in [0.29, 0.717) is 12.4 Å². The first kappa shape index (κ1) is 15.8. The van der Waals surface area contributed by atoms with E-state index in [0.717, 1.165) is 12.3 Å². The number of nitrogens with zero attached hydrogens (tertiary/aromatic N) is 1. The molecule has 0 unspecified atom stereocenters. The van der Waals surface area contributed by atoms with Gasteiger partial charge in [0.25, 0.3) is 5.69 Å². The number of nitro groups is 1. The maximum absolute atomic E-state index is 10.5. The zero-order valence-corrected chi connectivity index (χ0v) is 12.7. The molecule has 0 atom stereocenters. The Labute approximate surface area is 126 Å². The summed E-state index contributed by atoms with van der Waals surface area (Å²) in [5.41, 5.74) is 0.102. The van der Waals surface area contributed by atoms with Crippen LogP contribution in [-0.4, -0.2) is 31.2 Å². The minimum Gasteiger partial charge on any atom is -0.494 e. The van der Waals surface area contributed by atoms with Gasteiger partial charge in [-0.05, 0) is 43.7 Å². The van der Waals surface area contributed by atoms with Crippen molar-refractivity contribution < 1.29 is 14.6 Å². The molecule has 1 aromatic carbocycles. The van der Waals surface area contributed by atoms with E-state index < -0.39 is 4.92 Å². The molecule has 5 nitrogen and oxygen atoms in total. The Morgan fingerprint density at radius 3 is 2.52 bits per heavy atom. The van der Waals surface area contributed by atoms with Gasteiger partial charge in [-0.1, -0.05) is 6.92 Å². The van der Waals surface area contributed by atoms with Crippen LogP contribution >= 0.6 is 0 Å². The van der Waals surface area contributed by atoms with Crippen molar-refractivity contribution in [3.8, 4) is 5.75 Å². The van der Waals surface area contributed by atoms with Crippen LogP contribution in [-0.2, 0) is 0 Å². The summed E-state index contributed by atoms with van der Waals surface area (Å²) in [6, 6.07) is 6.29. The number of hydrogen-bond acceptors (Lipinski definition) is 3. The second-order valence-electron chi connectivity index (χ2n) is 5.99. The highest BCUT2D eigenvalue weighted by Gasteiger charge is 2.17. The first-order valence-electron chi connectivity index (χ1n) is 7.86. The van der Waals surface area contributed by atoms with Crippen molar-refractivity contribution in [2.75, 3.05) is 26.2 Å². The maximum Gasteiger partial charge on any atom is 0.269 e. The van der Waals surface area contributed by atoms with Crippen LogP contribution < -0.4 is 9.64 Å². The fourth-order valence-electron chi connectivity index (χ4n) is 2.75. The number of benzene rings is 1. The number of ether oxygens (including phenoxy) is 1. The normalized spacial score (nSPS) is 22.0. The lowest BCUT2D eigenvalue weighted by Crippen LogP contribution is -3.13. The second kappa shape index (κ2) is 7.98. The predicted octanol–water partition coefficient (Wildman–Crippen LogP) is 2.07. The molecule has 1 aromatic rings. The summed E-state index contributed by atoms with van der Waals surface area (Å²) in [5, 5.41) is 10.5. The SMILES string of the molecule is CC1CC[NH+](CCCCOc2ccc([N+](=O)[O-])cc2)CC1. The van der Waals surface area contributed by atoms with E-state index >= 15 is 0 Å². The summed E-state index contributed by atoms with van der Waals surface area (Å²) in [5.74, 6) is 1.61. The lowest BCUT2D eigenvalue weighted by atomic mass is 9.99. The molecule has 2 rings (SSSR count). The molecule has 116 valence electrons. The Bertz CT molecular complexity index is 439. The van der Waals surface area contributed by atoms with Crippen LogP contribution in [0.25, 0.3) is 0 Å². The number of piperidine rings is 1. The lowest BCUT2D eigenvalue weighted by Gasteiger charge is -2.27. The molecule has 1 aliphatic rings. The summed E-state index contributed by atoms with van der Waals surface area (Å²) in [4.78, 5) is 11.9. The molecule has 0 saturated carbocycles. The molecule has 21 heavy (non-hydrogen) atoms. The highest BCUT2D eigenvalue weighted by Crippen LogP contribution is 2.17. The van der Waals surface area contributed by atoms with Crippen molar-refractivity contribution >= 4 is 5.69 Å². The molecule has 0 radical (unpaired) electrons. The van der Waals surface area contributed by atoms with Gasteiger partial charge in [0.15, 0.2) is 0 Å². The van der Waals surface area contributed by atoms with Crippen LogP contribution in [0.15, 0.2) is 24.3 Å². The van der Waals surface area contributed by atoms with Crippen LogP contribution in [0, 0.1) is 16.0 Å². The van der Waals surface area contributed by atoms with Crippen molar-refractivity contribution in [1.82, 2.24) is 0 Å². The van der Waals surface area contributed by atoms with Crippen molar-refractivity contribution in [2.45, 2.75) is 32.6 Å². The second-order valence-corrected chi connectivity index (χ2v) is 5.99. The van der Waals surface area contributed by atoms with Gasteiger partial charge in [0.05, 0.1) is 31.2 Å². The summed E-state index contributed by atoms with van der Waals surface area (Å²) < 4.78 is 5.62. The number of nitrogens with one attached hydrogen (secondary N) is 1. The van der Waals surface area contributed by atoms with Crippen LogP contribution in [0.5, 0.6) is 5.75 Å².